The van der Waals surface area contributed by atoms with Crippen LogP contribution in [0.2, 0.25) is 0 Å². The summed E-state index contributed by atoms with van der Waals surface area (Å²) in [7, 11) is 0. The van der Waals surface area contributed by atoms with E-state index in [-0.39, 0.29) is 11.3 Å². The number of rotatable bonds is 2. The zero-order chi connectivity index (χ0) is 10.9. The molecule has 0 N–H and O–H groups in total. The van der Waals surface area contributed by atoms with Gasteiger partial charge in [-0.25, -0.2) is 0 Å². The lowest BCUT2D eigenvalue weighted by Gasteiger charge is -2.28. The Labute approximate surface area is 86.9 Å². The van der Waals surface area contributed by atoms with Crippen molar-refractivity contribution in [3.8, 4) is 0 Å². The van der Waals surface area contributed by atoms with Crippen molar-refractivity contribution in [2.45, 2.75) is 41.0 Å². The van der Waals surface area contributed by atoms with Crippen LogP contribution >= 0.6 is 0 Å². The number of hydrogen-bond acceptors (Lipinski definition) is 1. The Balaban J connectivity index is 2.89. The Morgan fingerprint density at radius 1 is 1.57 bits per heavy atom. The molecule has 1 nitrogen and oxygen atoms in total. The molecule has 0 saturated carbocycles. The molecule has 0 spiro atoms. The molecular formula is C13H20O. The van der Waals surface area contributed by atoms with Gasteiger partial charge in [0, 0.05) is 5.92 Å². The summed E-state index contributed by atoms with van der Waals surface area (Å²) in [6, 6.07) is 0. The third-order valence-corrected chi connectivity index (χ3v) is 3.69. The molecule has 0 radical (unpaired) electrons. The maximum Gasteiger partial charge on any atom is 0.162 e. The van der Waals surface area contributed by atoms with Crippen molar-refractivity contribution < 1.29 is 4.79 Å². The highest BCUT2D eigenvalue weighted by molar-refractivity contribution is 5.97. The number of carbonyl (C=O) groups is 1. The summed E-state index contributed by atoms with van der Waals surface area (Å²) in [5, 5.41) is 0. The van der Waals surface area contributed by atoms with E-state index in [1.807, 2.05) is 19.9 Å². The standard InChI is InChI=1S/C13H20O/c1-6-9(2)12(14)11-8-7-10(3)13(11,4)5/h6-7,11H,8H2,1-5H3. The molecule has 1 unspecified atom stereocenters. The zero-order valence-electron chi connectivity index (χ0n) is 9.85. The second-order valence-electron chi connectivity index (χ2n) is 4.73. The fraction of sp³-hybridized carbons (Fsp3) is 0.615. The summed E-state index contributed by atoms with van der Waals surface area (Å²) in [5.74, 6) is 0.462. The monoisotopic (exact) mass is 192 g/mol. The lowest BCUT2D eigenvalue weighted by Crippen LogP contribution is -2.28. The van der Waals surface area contributed by atoms with Crippen molar-refractivity contribution in [1.29, 1.82) is 0 Å². The Hall–Kier alpha value is -0.850. The van der Waals surface area contributed by atoms with Gasteiger partial charge in [0.25, 0.3) is 0 Å². The van der Waals surface area contributed by atoms with E-state index >= 15 is 0 Å². The average Bonchev–Trinajstić information content (AvgIpc) is 2.40. The van der Waals surface area contributed by atoms with E-state index in [4.69, 9.17) is 0 Å². The minimum atomic E-state index is 0.0430. The van der Waals surface area contributed by atoms with E-state index in [0.29, 0.717) is 5.78 Å². The van der Waals surface area contributed by atoms with E-state index in [1.165, 1.54) is 5.57 Å². The third-order valence-electron chi connectivity index (χ3n) is 3.69. The maximum atomic E-state index is 12.0. The number of ketones is 1. The number of hydrogen-bond donors (Lipinski definition) is 0. The SMILES string of the molecule is CC=C(C)C(=O)C1CC=C(C)C1(C)C. The Morgan fingerprint density at radius 2 is 2.14 bits per heavy atom. The average molecular weight is 192 g/mol. The largest absolute Gasteiger partial charge is 0.294 e. The molecule has 0 heterocycles. The normalized spacial score (nSPS) is 26.2. The van der Waals surface area contributed by atoms with Crippen molar-refractivity contribution in [3.63, 3.8) is 0 Å². The summed E-state index contributed by atoms with van der Waals surface area (Å²) in [6.45, 7) is 10.3. The van der Waals surface area contributed by atoms with E-state index < -0.39 is 0 Å². The van der Waals surface area contributed by atoms with E-state index in [9.17, 15) is 4.79 Å². The van der Waals surface area contributed by atoms with Crippen molar-refractivity contribution >= 4 is 5.78 Å². The molecule has 0 aromatic heterocycles. The van der Waals surface area contributed by atoms with Gasteiger partial charge in [-0.05, 0) is 38.2 Å². The molecule has 0 aliphatic heterocycles. The van der Waals surface area contributed by atoms with Gasteiger partial charge in [-0.3, -0.25) is 4.79 Å². The summed E-state index contributed by atoms with van der Waals surface area (Å²) >= 11 is 0. The van der Waals surface area contributed by atoms with E-state index in [0.717, 1.165) is 12.0 Å². The first-order valence-electron chi connectivity index (χ1n) is 5.25. The molecule has 14 heavy (non-hydrogen) atoms. The lowest BCUT2D eigenvalue weighted by atomic mass is 9.74. The topological polar surface area (TPSA) is 17.1 Å². The van der Waals surface area contributed by atoms with Gasteiger partial charge in [-0.15, -0.1) is 0 Å². The second-order valence-corrected chi connectivity index (χ2v) is 4.73. The zero-order valence-corrected chi connectivity index (χ0v) is 9.85. The van der Waals surface area contributed by atoms with Gasteiger partial charge in [-0.2, -0.15) is 0 Å². The molecule has 0 aromatic carbocycles. The van der Waals surface area contributed by atoms with Gasteiger partial charge in [0.2, 0.25) is 0 Å². The van der Waals surface area contributed by atoms with Crippen LogP contribution in [-0.4, -0.2) is 5.78 Å². The second kappa shape index (κ2) is 3.72. The van der Waals surface area contributed by atoms with Gasteiger partial charge in [0.1, 0.15) is 0 Å². The third kappa shape index (κ3) is 1.68. The molecule has 1 rings (SSSR count). The van der Waals surface area contributed by atoms with Crippen molar-refractivity contribution in [3.05, 3.63) is 23.3 Å². The fourth-order valence-corrected chi connectivity index (χ4v) is 1.98. The molecule has 78 valence electrons. The van der Waals surface area contributed by atoms with Crippen LogP contribution in [0.5, 0.6) is 0 Å². The van der Waals surface area contributed by atoms with Crippen molar-refractivity contribution in [1.82, 2.24) is 0 Å². The number of carbonyl (C=O) groups excluding carboxylic acids is 1. The molecule has 0 amide bonds. The van der Waals surface area contributed by atoms with Gasteiger partial charge >= 0.3 is 0 Å². The molecular weight excluding hydrogens is 172 g/mol. The van der Waals surface area contributed by atoms with Crippen LogP contribution in [0, 0.1) is 11.3 Å². The summed E-state index contributed by atoms with van der Waals surface area (Å²) in [5.41, 5.74) is 2.28. The van der Waals surface area contributed by atoms with E-state index in [2.05, 4.69) is 26.8 Å². The van der Waals surface area contributed by atoms with Crippen molar-refractivity contribution in [2.75, 3.05) is 0 Å². The molecule has 1 heteroatoms. The van der Waals surface area contributed by atoms with E-state index in [1.54, 1.807) is 0 Å². The molecule has 0 fully saturated rings. The summed E-state index contributed by atoms with van der Waals surface area (Å²) in [6.07, 6.45) is 5.01. The summed E-state index contributed by atoms with van der Waals surface area (Å²) in [4.78, 5) is 12.0. The van der Waals surface area contributed by atoms with Gasteiger partial charge in [-0.1, -0.05) is 31.6 Å². The smallest absolute Gasteiger partial charge is 0.162 e. The first kappa shape index (κ1) is 11.2. The minimum Gasteiger partial charge on any atom is -0.294 e. The maximum absolute atomic E-state index is 12.0. The van der Waals surface area contributed by atoms with Crippen LogP contribution in [0.25, 0.3) is 0 Å². The molecule has 0 saturated heterocycles. The van der Waals surface area contributed by atoms with Crippen molar-refractivity contribution in [2.24, 2.45) is 11.3 Å². The Bertz CT molecular complexity index is 305. The highest BCUT2D eigenvalue weighted by atomic mass is 16.1. The van der Waals surface area contributed by atoms with Crippen LogP contribution in [-0.2, 0) is 4.79 Å². The van der Waals surface area contributed by atoms with Crippen LogP contribution < -0.4 is 0 Å². The molecule has 1 aliphatic rings. The summed E-state index contributed by atoms with van der Waals surface area (Å²) < 4.78 is 0. The predicted octanol–water partition coefficient (Wildman–Crippen LogP) is 3.51. The first-order chi connectivity index (χ1) is 6.41. The molecule has 0 bridgehead atoms. The van der Waals surface area contributed by atoms with Gasteiger partial charge in [0.15, 0.2) is 5.78 Å². The highest BCUT2D eigenvalue weighted by Crippen LogP contribution is 2.44. The van der Waals surface area contributed by atoms with Gasteiger partial charge < -0.3 is 0 Å². The van der Waals surface area contributed by atoms with Crippen LogP contribution in [0.1, 0.15) is 41.0 Å². The molecule has 1 aliphatic carbocycles. The van der Waals surface area contributed by atoms with Crippen LogP contribution in [0.15, 0.2) is 23.3 Å². The molecule has 1 atom stereocenters. The predicted molar refractivity (Wildman–Crippen MR) is 60.1 cm³/mol. The highest BCUT2D eigenvalue weighted by Gasteiger charge is 2.39. The van der Waals surface area contributed by atoms with Crippen LogP contribution in [0.4, 0.5) is 0 Å². The number of Topliss-reactive ketones (excluding diaryl/α,β-unsaturated/α-hetero) is 1. The van der Waals surface area contributed by atoms with Gasteiger partial charge in [0.05, 0.1) is 0 Å². The Kier molecular flexibility index (Phi) is 2.98. The quantitative estimate of drug-likeness (QED) is 0.483. The Morgan fingerprint density at radius 3 is 2.50 bits per heavy atom. The number of allylic oxidation sites excluding steroid dienone is 4. The fourth-order valence-electron chi connectivity index (χ4n) is 1.98. The minimum absolute atomic E-state index is 0.0430. The van der Waals surface area contributed by atoms with Crippen LogP contribution in [0.3, 0.4) is 0 Å². The first-order valence-corrected chi connectivity index (χ1v) is 5.25. The lowest BCUT2D eigenvalue weighted by molar-refractivity contribution is -0.121. The molecule has 0 aromatic rings.